The Morgan fingerprint density at radius 3 is 2.41 bits per heavy atom. The summed E-state index contributed by atoms with van der Waals surface area (Å²) in [6.45, 7) is 13.9. The topological polar surface area (TPSA) is 117 Å². The molecule has 204 valence electrons. The van der Waals surface area contributed by atoms with Gasteiger partial charge in [-0.1, -0.05) is 20.8 Å². The van der Waals surface area contributed by atoms with Gasteiger partial charge in [0.25, 0.3) is 5.91 Å². The third-order valence-corrected chi connectivity index (χ3v) is 7.22. The molecule has 5 rings (SSSR count). The maximum atomic E-state index is 13.3. The van der Waals surface area contributed by atoms with E-state index >= 15 is 0 Å². The van der Waals surface area contributed by atoms with Crippen LogP contribution in [0.2, 0.25) is 0 Å². The molecule has 0 radical (unpaired) electrons. The van der Waals surface area contributed by atoms with E-state index in [1.165, 1.54) is 6.33 Å². The van der Waals surface area contributed by atoms with Crippen LogP contribution in [0.5, 0.6) is 0 Å². The second-order valence-corrected chi connectivity index (χ2v) is 11.2. The molecule has 1 fully saturated rings. The first-order chi connectivity index (χ1) is 18.5. The number of carbonyl (C=O) groups is 1. The van der Waals surface area contributed by atoms with Gasteiger partial charge in [0.05, 0.1) is 11.9 Å². The van der Waals surface area contributed by atoms with Crippen molar-refractivity contribution in [3.05, 3.63) is 53.1 Å². The van der Waals surface area contributed by atoms with E-state index in [2.05, 4.69) is 68.3 Å². The number of rotatable bonds is 5. The van der Waals surface area contributed by atoms with E-state index in [9.17, 15) is 4.79 Å². The average molecular weight is 529 g/mol. The van der Waals surface area contributed by atoms with E-state index in [1.54, 1.807) is 10.9 Å². The number of benzene rings is 1. The van der Waals surface area contributed by atoms with Gasteiger partial charge in [-0.05, 0) is 44.2 Å². The van der Waals surface area contributed by atoms with Gasteiger partial charge >= 0.3 is 0 Å². The number of amides is 1. The summed E-state index contributed by atoms with van der Waals surface area (Å²) in [6.07, 6.45) is 3.24. The fraction of sp³-hybridized carbons (Fsp3) is 0.429. The molecule has 0 saturated carbocycles. The van der Waals surface area contributed by atoms with Crippen molar-refractivity contribution in [1.82, 2.24) is 34.6 Å². The number of anilines is 4. The summed E-state index contributed by atoms with van der Waals surface area (Å²) < 4.78 is 1.70. The number of aryl methyl sites for hydroxylation is 2. The smallest absolute Gasteiger partial charge is 0.256 e. The third-order valence-electron chi connectivity index (χ3n) is 7.22. The number of fused-ring (bicyclic) bond motifs is 1. The summed E-state index contributed by atoms with van der Waals surface area (Å²) >= 11 is 0. The first-order valence-electron chi connectivity index (χ1n) is 13.1. The summed E-state index contributed by atoms with van der Waals surface area (Å²) in [5, 5.41) is 11.0. The normalized spacial score (nSPS) is 14.6. The van der Waals surface area contributed by atoms with Crippen LogP contribution in [0.25, 0.3) is 11.0 Å². The molecule has 11 heteroatoms. The molecule has 1 aliphatic rings. The zero-order valence-electron chi connectivity index (χ0n) is 23.7. The predicted octanol–water partition coefficient (Wildman–Crippen LogP) is 3.82. The molecule has 11 nitrogen and oxygen atoms in total. The van der Waals surface area contributed by atoms with Crippen molar-refractivity contribution in [2.24, 2.45) is 7.05 Å². The van der Waals surface area contributed by atoms with E-state index in [4.69, 9.17) is 4.98 Å². The third kappa shape index (κ3) is 5.53. The van der Waals surface area contributed by atoms with Gasteiger partial charge in [-0.2, -0.15) is 5.10 Å². The summed E-state index contributed by atoms with van der Waals surface area (Å²) in [7, 11) is 3.95. The Bertz CT molecular complexity index is 1530. The molecule has 0 aliphatic carbocycles. The Morgan fingerprint density at radius 1 is 0.974 bits per heavy atom. The molecule has 1 saturated heterocycles. The number of hydrogen-bond donors (Lipinski definition) is 2. The lowest BCUT2D eigenvalue weighted by Crippen LogP contribution is -2.45. The van der Waals surface area contributed by atoms with Crippen LogP contribution in [0.3, 0.4) is 0 Å². The standard InChI is InChI=1S/C28H36N10O/c1-17-12-19(26(39)33-23-14-22(28(3,4)5)35-37(23)7)13-20(18(17)2)32-25-24-21(30-16-31-25)15-29-27(34-24)38-10-8-36(6)9-11-38/h12-16H,8-11H2,1-7H3,(H,33,39)(H,30,31,32). The van der Waals surface area contributed by atoms with Crippen LogP contribution in [0.1, 0.15) is 48.0 Å². The van der Waals surface area contributed by atoms with Gasteiger partial charge in [0.2, 0.25) is 5.95 Å². The number of piperazine rings is 1. The maximum absolute atomic E-state index is 13.3. The predicted molar refractivity (Wildman–Crippen MR) is 154 cm³/mol. The molecule has 39 heavy (non-hydrogen) atoms. The fourth-order valence-electron chi connectivity index (χ4n) is 4.48. The SMILES string of the molecule is Cc1cc(C(=O)Nc2cc(C(C)(C)C)nn2C)cc(Nc2ncnc3cnc(N4CCN(C)CC4)nc23)c1C. The van der Waals surface area contributed by atoms with Gasteiger partial charge in [-0.25, -0.2) is 19.9 Å². The molecule has 1 aliphatic heterocycles. The molecule has 0 atom stereocenters. The second kappa shape index (κ2) is 10.2. The highest BCUT2D eigenvalue weighted by molar-refractivity contribution is 6.05. The Balaban J connectivity index is 1.44. The highest BCUT2D eigenvalue weighted by Crippen LogP contribution is 2.29. The van der Waals surface area contributed by atoms with Crippen LogP contribution in [-0.2, 0) is 12.5 Å². The molecule has 0 unspecified atom stereocenters. The van der Waals surface area contributed by atoms with Crippen molar-refractivity contribution < 1.29 is 4.79 Å². The summed E-state index contributed by atoms with van der Waals surface area (Å²) in [5.41, 5.74) is 5.39. The Kier molecular flexibility index (Phi) is 6.94. The van der Waals surface area contributed by atoms with Gasteiger partial charge in [-0.15, -0.1) is 0 Å². The molecule has 0 bridgehead atoms. The zero-order chi connectivity index (χ0) is 27.9. The van der Waals surface area contributed by atoms with Crippen molar-refractivity contribution in [3.63, 3.8) is 0 Å². The molecule has 2 N–H and O–H groups in total. The fourth-order valence-corrected chi connectivity index (χ4v) is 4.48. The first-order valence-corrected chi connectivity index (χ1v) is 13.1. The number of nitrogens with one attached hydrogen (secondary N) is 2. The number of likely N-dealkylation sites (N-methyl/N-ethyl adjacent to an activating group) is 1. The molecular weight excluding hydrogens is 492 g/mol. The Hall–Kier alpha value is -4.12. The quantitative estimate of drug-likeness (QED) is 0.399. The van der Waals surface area contributed by atoms with E-state index in [1.807, 2.05) is 39.1 Å². The zero-order valence-corrected chi connectivity index (χ0v) is 23.7. The van der Waals surface area contributed by atoms with Gasteiger partial charge in [-0.3, -0.25) is 9.48 Å². The van der Waals surface area contributed by atoms with Crippen molar-refractivity contribution in [2.75, 3.05) is 48.8 Å². The lowest BCUT2D eigenvalue weighted by atomic mass is 9.92. The highest BCUT2D eigenvalue weighted by Gasteiger charge is 2.21. The summed E-state index contributed by atoms with van der Waals surface area (Å²) in [6, 6.07) is 5.65. The van der Waals surface area contributed by atoms with Crippen LogP contribution in [-0.4, -0.2) is 73.8 Å². The number of hydrogen-bond acceptors (Lipinski definition) is 9. The van der Waals surface area contributed by atoms with Crippen molar-refractivity contribution in [2.45, 2.75) is 40.0 Å². The van der Waals surface area contributed by atoms with E-state index in [0.29, 0.717) is 34.2 Å². The molecule has 1 aromatic carbocycles. The highest BCUT2D eigenvalue weighted by atomic mass is 16.1. The number of nitrogens with zero attached hydrogens (tertiary/aromatic N) is 8. The molecule has 1 amide bonds. The molecule has 4 aromatic rings. The maximum Gasteiger partial charge on any atom is 0.256 e. The molecular formula is C28H36N10O. The van der Waals surface area contributed by atoms with E-state index in [-0.39, 0.29) is 11.3 Å². The average Bonchev–Trinajstić information content (AvgIpc) is 3.27. The van der Waals surface area contributed by atoms with Crippen molar-refractivity contribution in [1.29, 1.82) is 0 Å². The lowest BCUT2D eigenvalue weighted by Gasteiger charge is -2.32. The summed E-state index contributed by atoms with van der Waals surface area (Å²) in [4.78, 5) is 36.0. The Labute approximate surface area is 228 Å². The largest absolute Gasteiger partial charge is 0.338 e. The first kappa shape index (κ1) is 26.5. The van der Waals surface area contributed by atoms with Gasteiger partial charge in [0.1, 0.15) is 23.2 Å². The minimum atomic E-state index is -0.211. The summed E-state index contributed by atoms with van der Waals surface area (Å²) in [5.74, 6) is 1.67. The van der Waals surface area contributed by atoms with Crippen LogP contribution < -0.4 is 15.5 Å². The van der Waals surface area contributed by atoms with Crippen LogP contribution in [0.4, 0.5) is 23.3 Å². The lowest BCUT2D eigenvalue weighted by molar-refractivity contribution is 0.102. The molecule has 0 spiro atoms. The van der Waals surface area contributed by atoms with Crippen LogP contribution in [0.15, 0.2) is 30.7 Å². The minimum absolute atomic E-state index is 0.119. The van der Waals surface area contributed by atoms with Crippen LogP contribution in [0, 0.1) is 13.8 Å². The van der Waals surface area contributed by atoms with E-state index < -0.39 is 0 Å². The molecule has 3 aromatic heterocycles. The Morgan fingerprint density at radius 2 is 1.72 bits per heavy atom. The molecule has 4 heterocycles. The van der Waals surface area contributed by atoms with Crippen molar-refractivity contribution in [3.8, 4) is 0 Å². The monoisotopic (exact) mass is 528 g/mol. The van der Waals surface area contributed by atoms with Gasteiger partial charge in [0.15, 0.2) is 5.82 Å². The van der Waals surface area contributed by atoms with Crippen LogP contribution >= 0.6 is 0 Å². The van der Waals surface area contributed by atoms with Gasteiger partial charge in [0, 0.05) is 56.0 Å². The number of carbonyl (C=O) groups excluding carboxylic acids is 1. The van der Waals surface area contributed by atoms with Crippen molar-refractivity contribution >= 4 is 40.2 Å². The van der Waals surface area contributed by atoms with E-state index in [0.717, 1.165) is 48.7 Å². The second-order valence-electron chi connectivity index (χ2n) is 11.2. The number of aromatic nitrogens is 6. The van der Waals surface area contributed by atoms with Gasteiger partial charge < -0.3 is 20.4 Å². The minimum Gasteiger partial charge on any atom is -0.338 e.